The molecule has 0 saturated heterocycles. The van der Waals surface area contributed by atoms with Crippen LogP contribution in [0.2, 0.25) is 0 Å². The van der Waals surface area contributed by atoms with Gasteiger partial charge in [-0.1, -0.05) is 6.92 Å². The second-order valence-electron chi connectivity index (χ2n) is 2.83. The zero-order valence-corrected chi connectivity index (χ0v) is 9.34. The number of carbonyl (C=O) groups is 2. The van der Waals surface area contributed by atoms with Crippen molar-refractivity contribution in [3.63, 3.8) is 0 Å². The molecule has 0 aliphatic carbocycles. The number of amides is 1. The van der Waals surface area contributed by atoms with Crippen molar-refractivity contribution in [2.75, 3.05) is 26.1 Å². The molecular weight excluding hydrogens is 206 g/mol. The van der Waals surface area contributed by atoms with Crippen molar-refractivity contribution in [1.82, 2.24) is 4.90 Å². The van der Waals surface area contributed by atoms with Crippen LogP contribution >= 0.6 is 11.6 Å². The van der Waals surface area contributed by atoms with E-state index in [-0.39, 0.29) is 24.8 Å². The summed E-state index contributed by atoms with van der Waals surface area (Å²) >= 11 is 5.45. The number of rotatable bonds is 6. The maximum absolute atomic E-state index is 11.4. The number of hydrogen-bond acceptors (Lipinski definition) is 3. The zero-order valence-electron chi connectivity index (χ0n) is 8.59. The fourth-order valence-electron chi connectivity index (χ4n) is 1.02. The third kappa shape index (κ3) is 5.07. The van der Waals surface area contributed by atoms with E-state index in [9.17, 15) is 9.59 Å². The maximum Gasteiger partial charge on any atom is 0.325 e. The van der Waals surface area contributed by atoms with E-state index in [4.69, 9.17) is 11.6 Å². The molecule has 0 spiro atoms. The Morgan fingerprint density at radius 2 is 2.07 bits per heavy atom. The summed E-state index contributed by atoms with van der Waals surface area (Å²) in [6.07, 6.45) is 1.07. The van der Waals surface area contributed by atoms with E-state index in [0.29, 0.717) is 6.54 Å². The molecular formula is C9H16ClNO3. The number of carbonyl (C=O) groups excluding carboxylic acids is 2. The molecule has 0 aromatic rings. The van der Waals surface area contributed by atoms with E-state index in [2.05, 4.69) is 4.74 Å². The molecule has 0 saturated carbocycles. The molecule has 0 aromatic heterocycles. The van der Waals surface area contributed by atoms with Crippen LogP contribution in [-0.4, -0.2) is 42.9 Å². The number of hydrogen-bond donors (Lipinski definition) is 0. The van der Waals surface area contributed by atoms with Crippen LogP contribution < -0.4 is 0 Å². The fraction of sp³-hybridized carbons (Fsp3) is 0.778. The van der Waals surface area contributed by atoms with Gasteiger partial charge in [-0.2, -0.15) is 0 Å². The Morgan fingerprint density at radius 3 is 2.50 bits per heavy atom. The van der Waals surface area contributed by atoms with E-state index in [1.807, 2.05) is 6.92 Å². The highest BCUT2D eigenvalue weighted by Gasteiger charge is 2.15. The van der Waals surface area contributed by atoms with Crippen LogP contribution in [0.25, 0.3) is 0 Å². The van der Waals surface area contributed by atoms with Crippen molar-refractivity contribution in [2.45, 2.75) is 19.8 Å². The number of ether oxygens (including phenoxy) is 1. The summed E-state index contributed by atoms with van der Waals surface area (Å²) in [4.78, 5) is 23.8. The van der Waals surface area contributed by atoms with Crippen LogP contribution in [0.3, 0.4) is 0 Å². The maximum atomic E-state index is 11.4. The van der Waals surface area contributed by atoms with Crippen molar-refractivity contribution < 1.29 is 14.3 Å². The molecule has 0 rings (SSSR count). The highest BCUT2D eigenvalue weighted by molar-refractivity contribution is 6.18. The zero-order chi connectivity index (χ0) is 11.0. The van der Waals surface area contributed by atoms with Crippen LogP contribution in [0, 0.1) is 0 Å². The van der Waals surface area contributed by atoms with E-state index in [1.165, 1.54) is 12.0 Å². The third-order valence-corrected chi connectivity index (χ3v) is 1.89. The molecule has 0 aromatic carbocycles. The molecule has 1 amide bonds. The van der Waals surface area contributed by atoms with Gasteiger partial charge in [-0.25, -0.2) is 0 Å². The van der Waals surface area contributed by atoms with Gasteiger partial charge in [-0.05, 0) is 6.42 Å². The standard InChI is InChI=1S/C9H16ClNO3/c1-3-6-11(7-9(13)14-2)8(12)4-5-10/h3-7H2,1-2H3. The van der Waals surface area contributed by atoms with Gasteiger partial charge in [0, 0.05) is 18.8 Å². The Labute approximate surface area is 89.2 Å². The summed E-state index contributed by atoms with van der Waals surface area (Å²) in [5.74, 6) is -0.228. The quantitative estimate of drug-likeness (QED) is 0.497. The molecule has 0 atom stereocenters. The molecule has 0 aliphatic heterocycles. The predicted octanol–water partition coefficient (Wildman–Crippen LogP) is 1.03. The van der Waals surface area contributed by atoms with Crippen LogP contribution in [0.1, 0.15) is 19.8 Å². The molecule has 14 heavy (non-hydrogen) atoms. The van der Waals surface area contributed by atoms with Crippen molar-refractivity contribution >= 4 is 23.5 Å². The monoisotopic (exact) mass is 221 g/mol. The van der Waals surface area contributed by atoms with Crippen LogP contribution in [0.4, 0.5) is 0 Å². The summed E-state index contributed by atoms with van der Waals surface area (Å²) in [7, 11) is 1.30. The largest absolute Gasteiger partial charge is 0.468 e. The van der Waals surface area contributed by atoms with Gasteiger partial charge in [0.2, 0.25) is 5.91 Å². The lowest BCUT2D eigenvalue weighted by atomic mass is 10.3. The second kappa shape index (κ2) is 7.62. The Morgan fingerprint density at radius 1 is 1.43 bits per heavy atom. The summed E-state index contributed by atoms with van der Waals surface area (Å²) in [5, 5.41) is 0. The Hall–Kier alpha value is -0.770. The summed E-state index contributed by atoms with van der Waals surface area (Å²) in [6.45, 7) is 2.52. The highest BCUT2D eigenvalue weighted by Crippen LogP contribution is 1.98. The van der Waals surface area contributed by atoms with E-state index in [1.54, 1.807) is 0 Å². The minimum absolute atomic E-state index is 0.0140. The average molecular weight is 222 g/mol. The minimum Gasteiger partial charge on any atom is -0.468 e. The number of esters is 1. The smallest absolute Gasteiger partial charge is 0.325 e. The summed E-state index contributed by atoms with van der Waals surface area (Å²) in [5.41, 5.74) is 0. The highest BCUT2D eigenvalue weighted by atomic mass is 35.5. The van der Waals surface area contributed by atoms with Crippen LogP contribution in [0.5, 0.6) is 0 Å². The first-order valence-electron chi connectivity index (χ1n) is 4.56. The van der Waals surface area contributed by atoms with Gasteiger partial charge < -0.3 is 9.64 Å². The van der Waals surface area contributed by atoms with E-state index in [0.717, 1.165) is 6.42 Å². The molecule has 82 valence electrons. The molecule has 0 unspecified atom stereocenters. The predicted molar refractivity (Wildman–Crippen MR) is 54.2 cm³/mol. The number of alkyl halides is 1. The Balaban J connectivity index is 4.13. The van der Waals surface area contributed by atoms with Crippen LogP contribution in [-0.2, 0) is 14.3 Å². The summed E-state index contributed by atoms with van der Waals surface area (Å²) < 4.78 is 4.49. The van der Waals surface area contributed by atoms with Gasteiger partial charge in [0.05, 0.1) is 7.11 Å². The minimum atomic E-state index is -0.402. The average Bonchev–Trinajstić information content (AvgIpc) is 2.17. The lowest BCUT2D eigenvalue weighted by Crippen LogP contribution is -2.36. The van der Waals surface area contributed by atoms with Gasteiger partial charge in [0.25, 0.3) is 0 Å². The van der Waals surface area contributed by atoms with Crippen molar-refractivity contribution in [1.29, 1.82) is 0 Å². The molecule has 4 nitrogen and oxygen atoms in total. The topological polar surface area (TPSA) is 46.6 Å². The first-order valence-corrected chi connectivity index (χ1v) is 5.09. The van der Waals surface area contributed by atoms with Crippen molar-refractivity contribution in [3.8, 4) is 0 Å². The molecule has 0 aliphatic rings. The van der Waals surface area contributed by atoms with Gasteiger partial charge in [-0.15, -0.1) is 11.6 Å². The molecule has 0 N–H and O–H groups in total. The molecule has 5 heteroatoms. The first-order chi connectivity index (χ1) is 6.65. The van der Waals surface area contributed by atoms with E-state index >= 15 is 0 Å². The van der Waals surface area contributed by atoms with Gasteiger partial charge >= 0.3 is 5.97 Å². The van der Waals surface area contributed by atoms with Gasteiger partial charge in [-0.3, -0.25) is 9.59 Å². The fourth-order valence-corrected chi connectivity index (χ4v) is 1.18. The number of nitrogens with zero attached hydrogens (tertiary/aromatic N) is 1. The first kappa shape index (κ1) is 13.2. The SMILES string of the molecule is CCCN(CC(=O)OC)C(=O)CCCl. The molecule has 0 heterocycles. The Bertz CT molecular complexity index is 196. The lowest BCUT2D eigenvalue weighted by Gasteiger charge is -2.20. The van der Waals surface area contributed by atoms with Gasteiger partial charge in [0.15, 0.2) is 0 Å². The number of halogens is 1. The van der Waals surface area contributed by atoms with Crippen LogP contribution in [0.15, 0.2) is 0 Å². The summed E-state index contributed by atoms with van der Waals surface area (Å²) in [6, 6.07) is 0. The van der Waals surface area contributed by atoms with E-state index < -0.39 is 5.97 Å². The second-order valence-corrected chi connectivity index (χ2v) is 3.21. The lowest BCUT2D eigenvalue weighted by molar-refractivity contribution is -0.146. The van der Waals surface area contributed by atoms with Crippen molar-refractivity contribution in [3.05, 3.63) is 0 Å². The molecule has 0 radical (unpaired) electrons. The number of methoxy groups -OCH3 is 1. The molecule has 0 bridgehead atoms. The molecule has 0 fully saturated rings. The van der Waals surface area contributed by atoms with Gasteiger partial charge in [0.1, 0.15) is 6.54 Å². The normalized spacial score (nSPS) is 9.64. The third-order valence-electron chi connectivity index (χ3n) is 1.70. The Kier molecular flexibility index (Phi) is 7.20. The van der Waals surface area contributed by atoms with Crippen molar-refractivity contribution in [2.24, 2.45) is 0 Å².